The molecule has 26 heavy (non-hydrogen) atoms. The maximum Gasteiger partial charge on any atom is 0.243 e. The Kier molecular flexibility index (Phi) is 4.42. The molecule has 3 atom stereocenters. The number of anilines is 1. The highest BCUT2D eigenvalue weighted by molar-refractivity contribution is 5.99. The number of hydrogen-bond acceptors (Lipinski definition) is 3. The summed E-state index contributed by atoms with van der Waals surface area (Å²) in [6.07, 6.45) is 3.42. The van der Waals surface area contributed by atoms with Crippen LogP contribution in [0.5, 0.6) is 0 Å². The number of carbonyl (C=O) groups is 3. The Morgan fingerprint density at radius 3 is 3.00 bits per heavy atom. The molecule has 0 spiro atoms. The van der Waals surface area contributed by atoms with Crippen molar-refractivity contribution in [3.8, 4) is 0 Å². The summed E-state index contributed by atoms with van der Waals surface area (Å²) >= 11 is 0. The number of aryl methyl sites for hydroxylation is 1. The van der Waals surface area contributed by atoms with Crippen LogP contribution < -0.4 is 10.6 Å². The molecule has 6 heteroatoms. The number of amides is 3. The first-order valence-electron chi connectivity index (χ1n) is 9.52. The van der Waals surface area contributed by atoms with Gasteiger partial charge in [0.25, 0.3) is 0 Å². The van der Waals surface area contributed by atoms with E-state index < -0.39 is 0 Å². The SMILES string of the molecule is CC1CCN(C(=O)CCCc2ccc3c(c2)CC(=O)N3)C2C(=O)NCC12. The average Bonchev–Trinajstić information content (AvgIpc) is 3.18. The van der Waals surface area contributed by atoms with E-state index in [4.69, 9.17) is 0 Å². The maximum absolute atomic E-state index is 12.7. The summed E-state index contributed by atoms with van der Waals surface area (Å²) in [7, 11) is 0. The van der Waals surface area contributed by atoms with Crippen LogP contribution in [0.1, 0.15) is 37.3 Å². The molecule has 3 unspecified atom stereocenters. The molecule has 2 saturated heterocycles. The highest BCUT2D eigenvalue weighted by Crippen LogP contribution is 2.32. The van der Waals surface area contributed by atoms with Gasteiger partial charge < -0.3 is 15.5 Å². The van der Waals surface area contributed by atoms with Crippen LogP contribution in [0.4, 0.5) is 5.69 Å². The predicted molar refractivity (Wildman–Crippen MR) is 97.5 cm³/mol. The zero-order valence-electron chi connectivity index (χ0n) is 15.1. The van der Waals surface area contributed by atoms with Crippen LogP contribution in [0.15, 0.2) is 18.2 Å². The first-order valence-corrected chi connectivity index (χ1v) is 9.52. The van der Waals surface area contributed by atoms with E-state index in [1.807, 2.05) is 12.1 Å². The van der Waals surface area contributed by atoms with Gasteiger partial charge in [-0.05, 0) is 42.4 Å². The predicted octanol–water partition coefficient (Wildman–Crippen LogP) is 1.49. The fraction of sp³-hybridized carbons (Fsp3) is 0.550. The Hall–Kier alpha value is -2.37. The highest BCUT2D eigenvalue weighted by Gasteiger charge is 2.46. The van der Waals surface area contributed by atoms with Crippen molar-refractivity contribution in [3.05, 3.63) is 29.3 Å². The molecule has 1 aromatic carbocycles. The van der Waals surface area contributed by atoms with Crippen LogP contribution >= 0.6 is 0 Å². The van der Waals surface area contributed by atoms with E-state index in [0.29, 0.717) is 31.8 Å². The van der Waals surface area contributed by atoms with Crippen molar-refractivity contribution in [3.63, 3.8) is 0 Å². The normalized spacial score (nSPS) is 27.0. The lowest BCUT2D eigenvalue weighted by atomic mass is 9.82. The standard InChI is InChI=1S/C20H25N3O3/c1-12-7-8-23(19-15(12)11-21-20(19)26)18(25)4-2-3-13-5-6-16-14(9-13)10-17(24)22-16/h5-6,9,12,15,19H,2-4,7-8,10-11H2,1H3,(H,21,26)(H,22,24). The summed E-state index contributed by atoms with van der Waals surface area (Å²) in [5, 5.41) is 5.75. The van der Waals surface area contributed by atoms with Gasteiger partial charge in [-0.25, -0.2) is 0 Å². The molecule has 0 aliphatic carbocycles. The Labute approximate surface area is 153 Å². The van der Waals surface area contributed by atoms with Crippen LogP contribution in [-0.4, -0.2) is 41.8 Å². The van der Waals surface area contributed by atoms with Gasteiger partial charge >= 0.3 is 0 Å². The first-order chi connectivity index (χ1) is 12.5. The third-order valence-corrected chi connectivity index (χ3v) is 6.05. The number of carbonyl (C=O) groups excluding carboxylic acids is 3. The van der Waals surface area contributed by atoms with Crippen molar-refractivity contribution in [1.82, 2.24) is 10.2 Å². The van der Waals surface area contributed by atoms with Gasteiger partial charge in [0.2, 0.25) is 17.7 Å². The van der Waals surface area contributed by atoms with Crippen molar-refractivity contribution < 1.29 is 14.4 Å². The van der Waals surface area contributed by atoms with Crippen molar-refractivity contribution in [2.75, 3.05) is 18.4 Å². The minimum absolute atomic E-state index is 0.00527. The smallest absolute Gasteiger partial charge is 0.243 e. The van der Waals surface area contributed by atoms with Crippen LogP contribution in [0, 0.1) is 11.8 Å². The lowest BCUT2D eigenvalue weighted by molar-refractivity contribution is -0.142. The summed E-state index contributed by atoms with van der Waals surface area (Å²) in [5.41, 5.74) is 3.08. The first kappa shape index (κ1) is 17.1. The molecular formula is C20H25N3O3. The number of fused-ring (bicyclic) bond motifs is 2. The molecule has 138 valence electrons. The van der Waals surface area contributed by atoms with Gasteiger partial charge in [-0.3, -0.25) is 14.4 Å². The van der Waals surface area contributed by atoms with Gasteiger partial charge in [-0.2, -0.15) is 0 Å². The van der Waals surface area contributed by atoms with E-state index >= 15 is 0 Å². The zero-order valence-corrected chi connectivity index (χ0v) is 15.1. The number of rotatable bonds is 4. The van der Waals surface area contributed by atoms with Crippen molar-refractivity contribution in [1.29, 1.82) is 0 Å². The fourth-order valence-electron chi connectivity index (χ4n) is 4.52. The number of likely N-dealkylation sites (tertiary alicyclic amines) is 1. The van der Waals surface area contributed by atoms with Crippen LogP contribution in [0.3, 0.4) is 0 Å². The molecule has 1 aromatic rings. The topological polar surface area (TPSA) is 78.5 Å². The third-order valence-electron chi connectivity index (χ3n) is 6.05. The molecule has 4 rings (SSSR count). The monoisotopic (exact) mass is 355 g/mol. The van der Waals surface area contributed by atoms with E-state index in [0.717, 1.165) is 36.1 Å². The van der Waals surface area contributed by atoms with Crippen LogP contribution in [-0.2, 0) is 27.2 Å². The lowest BCUT2D eigenvalue weighted by Crippen LogP contribution is -2.52. The quantitative estimate of drug-likeness (QED) is 0.859. The molecule has 3 aliphatic heterocycles. The summed E-state index contributed by atoms with van der Waals surface area (Å²) < 4.78 is 0. The molecule has 3 amide bonds. The summed E-state index contributed by atoms with van der Waals surface area (Å²) in [6, 6.07) is 5.73. The molecule has 0 bridgehead atoms. The third kappa shape index (κ3) is 3.08. The number of piperidine rings is 1. The Morgan fingerprint density at radius 2 is 2.15 bits per heavy atom. The van der Waals surface area contributed by atoms with Crippen LogP contribution in [0.25, 0.3) is 0 Å². The largest absolute Gasteiger partial charge is 0.354 e. The second-order valence-electron chi connectivity index (χ2n) is 7.78. The number of nitrogens with one attached hydrogen (secondary N) is 2. The molecule has 6 nitrogen and oxygen atoms in total. The van der Waals surface area contributed by atoms with E-state index in [9.17, 15) is 14.4 Å². The highest BCUT2D eigenvalue weighted by atomic mass is 16.2. The molecule has 2 fully saturated rings. The van der Waals surface area contributed by atoms with Gasteiger partial charge in [0.15, 0.2) is 0 Å². The molecule has 3 aliphatic rings. The molecule has 0 saturated carbocycles. The molecule has 3 heterocycles. The summed E-state index contributed by atoms with van der Waals surface area (Å²) in [4.78, 5) is 38.1. The van der Waals surface area contributed by atoms with Crippen molar-refractivity contribution in [2.24, 2.45) is 11.8 Å². The minimum atomic E-state index is -0.275. The zero-order chi connectivity index (χ0) is 18.3. The van der Waals surface area contributed by atoms with Gasteiger partial charge in [0.05, 0.1) is 6.42 Å². The summed E-state index contributed by atoms with van der Waals surface area (Å²) in [5.74, 6) is 0.858. The van der Waals surface area contributed by atoms with Crippen molar-refractivity contribution >= 4 is 23.4 Å². The number of benzene rings is 1. The Bertz CT molecular complexity index is 761. The van der Waals surface area contributed by atoms with E-state index in [2.05, 4.69) is 23.6 Å². The molecule has 2 N–H and O–H groups in total. The van der Waals surface area contributed by atoms with Crippen molar-refractivity contribution in [2.45, 2.75) is 45.1 Å². The maximum atomic E-state index is 12.7. The fourth-order valence-corrected chi connectivity index (χ4v) is 4.52. The summed E-state index contributed by atoms with van der Waals surface area (Å²) in [6.45, 7) is 3.55. The second kappa shape index (κ2) is 6.74. The van der Waals surface area contributed by atoms with E-state index in [1.54, 1.807) is 4.90 Å². The van der Waals surface area contributed by atoms with Crippen LogP contribution in [0.2, 0.25) is 0 Å². The molecule has 0 aromatic heterocycles. The Morgan fingerprint density at radius 1 is 1.31 bits per heavy atom. The van der Waals surface area contributed by atoms with Gasteiger partial charge in [0.1, 0.15) is 6.04 Å². The Balaban J connectivity index is 1.34. The van der Waals surface area contributed by atoms with E-state index in [-0.39, 0.29) is 29.7 Å². The average molecular weight is 355 g/mol. The van der Waals surface area contributed by atoms with Gasteiger partial charge in [-0.1, -0.05) is 19.1 Å². The molecular weight excluding hydrogens is 330 g/mol. The van der Waals surface area contributed by atoms with Gasteiger partial charge in [-0.15, -0.1) is 0 Å². The molecule has 0 radical (unpaired) electrons. The number of hydrogen-bond donors (Lipinski definition) is 2. The minimum Gasteiger partial charge on any atom is -0.354 e. The van der Waals surface area contributed by atoms with E-state index in [1.165, 1.54) is 0 Å². The number of nitrogens with zero attached hydrogens (tertiary/aromatic N) is 1. The lowest BCUT2D eigenvalue weighted by Gasteiger charge is -2.39. The second-order valence-corrected chi connectivity index (χ2v) is 7.78. The van der Waals surface area contributed by atoms with Gasteiger partial charge in [0, 0.05) is 31.1 Å².